The van der Waals surface area contributed by atoms with E-state index < -0.39 is 0 Å². The molecule has 8 heteroatoms. The summed E-state index contributed by atoms with van der Waals surface area (Å²) < 4.78 is 1.06. The molecule has 0 aliphatic rings. The van der Waals surface area contributed by atoms with Crippen LogP contribution < -0.4 is 16.0 Å². The Bertz CT molecular complexity index is 1010. The van der Waals surface area contributed by atoms with Gasteiger partial charge in [0, 0.05) is 40.7 Å². The lowest BCUT2D eigenvalue weighted by Crippen LogP contribution is -2.34. The topological polar surface area (TPSA) is 83.1 Å². The Hall–Kier alpha value is -2.84. The van der Waals surface area contributed by atoms with Crippen LogP contribution in [-0.2, 0) is 12.3 Å². The molecular weight excluding hydrogens is 428 g/mol. The van der Waals surface area contributed by atoms with E-state index in [4.69, 9.17) is 0 Å². The molecule has 3 rings (SSSR count). The number of thiazole rings is 1. The molecule has 0 saturated heterocycles. The molecule has 0 aliphatic heterocycles. The normalized spacial score (nSPS) is 10.7. The van der Waals surface area contributed by atoms with Crippen LogP contribution in [0.3, 0.4) is 0 Å². The number of carbonyl (C=O) groups excluding carboxylic acids is 2. The van der Waals surface area contributed by atoms with Crippen LogP contribution in [0.15, 0.2) is 58.3 Å². The summed E-state index contributed by atoms with van der Waals surface area (Å²) in [5, 5.41) is 10.5. The number of thioether (sulfide) groups is 1. The van der Waals surface area contributed by atoms with E-state index in [-0.39, 0.29) is 18.0 Å². The maximum Gasteiger partial charge on any atom is 0.319 e. The zero-order valence-electron chi connectivity index (χ0n) is 17.8. The first-order chi connectivity index (χ1) is 14.9. The summed E-state index contributed by atoms with van der Waals surface area (Å²) in [5.41, 5.74) is 4.48. The summed E-state index contributed by atoms with van der Waals surface area (Å²) in [6.45, 7) is 6.21. The van der Waals surface area contributed by atoms with E-state index in [2.05, 4.69) is 20.9 Å². The average molecular weight is 455 g/mol. The van der Waals surface area contributed by atoms with Gasteiger partial charge in [-0.25, -0.2) is 9.78 Å². The molecule has 0 spiro atoms. The van der Waals surface area contributed by atoms with E-state index in [9.17, 15) is 9.59 Å². The standard InChI is InChI=1S/C23H26N4O2S2/c1-15(2)25-22(29)27-20-10-6-17(7-11-20)12-24-21(28)19-8-4-18(5-9-19)14-31-23-26-16(3)13-30-23/h4-11,13,15H,12,14H2,1-3H3,(H,24,28)(H2,25,27,29). The van der Waals surface area contributed by atoms with Gasteiger partial charge in [0.25, 0.3) is 5.91 Å². The fourth-order valence-electron chi connectivity index (χ4n) is 2.72. The highest BCUT2D eigenvalue weighted by atomic mass is 32.2. The number of hydrogen-bond donors (Lipinski definition) is 3. The van der Waals surface area contributed by atoms with Crippen molar-refractivity contribution in [1.29, 1.82) is 0 Å². The molecule has 0 radical (unpaired) electrons. The number of amides is 3. The lowest BCUT2D eigenvalue weighted by atomic mass is 10.1. The van der Waals surface area contributed by atoms with Crippen molar-refractivity contribution in [1.82, 2.24) is 15.6 Å². The van der Waals surface area contributed by atoms with Crippen molar-refractivity contribution in [3.63, 3.8) is 0 Å². The van der Waals surface area contributed by atoms with Crippen molar-refractivity contribution in [3.8, 4) is 0 Å². The summed E-state index contributed by atoms with van der Waals surface area (Å²) in [6.07, 6.45) is 0. The number of urea groups is 1. The van der Waals surface area contributed by atoms with Crippen molar-refractivity contribution in [3.05, 3.63) is 76.3 Å². The number of aromatic nitrogens is 1. The molecule has 6 nitrogen and oxygen atoms in total. The van der Waals surface area contributed by atoms with Gasteiger partial charge in [-0.05, 0) is 56.2 Å². The van der Waals surface area contributed by atoms with Crippen LogP contribution in [0.5, 0.6) is 0 Å². The quantitative estimate of drug-likeness (QED) is 0.408. The van der Waals surface area contributed by atoms with Crippen molar-refractivity contribution >= 4 is 40.7 Å². The first-order valence-electron chi connectivity index (χ1n) is 9.97. The average Bonchev–Trinajstić information content (AvgIpc) is 3.16. The molecule has 1 heterocycles. The molecule has 3 amide bonds. The number of carbonyl (C=O) groups is 2. The Kier molecular flexibility index (Phi) is 8.08. The van der Waals surface area contributed by atoms with Crippen LogP contribution in [0.1, 0.15) is 41.0 Å². The maximum absolute atomic E-state index is 12.4. The minimum atomic E-state index is -0.236. The number of hydrogen-bond acceptors (Lipinski definition) is 5. The number of nitrogens with one attached hydrogen (secondary N) is 3. The molecule has 3 N–H and O–H groups in total. The zero-order chi connectivity index (χ0) is 22.2. The number of benzene rings is 2. The fourth-order valence-corrected chi connectivity index (χ4v) is 4.52. The molecule has 3 aromatic rings. The molecule has 0 saturated carbocycles. The highest BCUT2D eigenvalue weighted by Crippen LogP contribution is 2.26. The summed E-state index contributed by atoms with van der Waals surface area (Å²) in [7, 11) is 0. The van der Waals surface area contributed by atoms with Gasteiger partial charge in [-0.1, -0.05) is 36.0 Å². The van der Waals surface area contributed by atoms with Crippen molar-refractivity contribution in [2.24, 2.45) is 0 Å². The van der Waals surface area contributed by atoms with E-state index in [0.29, 0.717) is 17.8 Å². The van der Waals surface area contributed by atoms with Crippen molar-refractivity contribution < 1.29 is 9.59 Å². The lowest BCUT2D eigenvalue weighted by Gasteiger charge is -2.11. The highest BCUT2D eigenvalue weighted by Gasteiger charge is 2.07. The maximum atomic E-state index is 12.4. The van der Waals surface area contributed by atoms with Crippen molar-refractivity contribution in [2.75, 3.05) is 5.32 Å². The number of anilines is 1. The van der Waals surface area contributed by atoms with Gasteiger partial charge in [-0.15, -0.1) is 11.3 Å². The molecule has 0 atom stereocenters. The third-order valence-corrected chi connectivity index (χ3v) is 6.47. The van der Waals surface area contributed by atoms with Gasteiger partial charge in [-0.2, -0.15) is 0 Å². The predicted octanol–water partition coefficient (Wildman–Crippen LogP) is 5.20. The number of nitrogens with zero attached hydrogens (tertiary/aromatic N) is 1. The second-order valence-electron chi connectivity index (χ2n) is 7.37. The van der Waals surface area contributed by atoms with E-state index in [1.165, 1.54) is 0 Å². The van der Waals surface area contributed by atoms with E-state index in [0.717, 1.165) is 26.9 Å². The zero-order valence-corrected chi connectivity index (χ0v) is 19.4. The number of rotatable bonds is 8. The molecule has 162 valence electrons. The van der Waals surface area contributed by atoms with E-state index in [1.807, 2.05) is 74.7 Å². The van der Waals surface area contributed by atoms with Crippen molar-refractivity contribution in [2.45, 2.75) is 43.5 Å². The van der Waals surface area contributed by atoms with Gasteiger partial charge >= 0.3 is 6.03 Å². The SMILES string of the molecule is Cc1csc(SCc2ccc(C(=O)NCc3ccc(NC(=O)NC(C)C)cc3)cc2)n1. The van der Waals surface area contributed by atoms with Gasteiger partial charge in [0.1, 0.15) is 4.34 Å². The first-order valence-corrected chi connectivity index (χ1v) is 11.8. The van der Waals surface area contributed by atoms with Gasteiger partial charge in [0.15, 0.2) is 0 Å². The van der Waals surface area contributed by atoms with E-state index in [1.54, 1.807) is 23.1 Å². The Morgan fingerprint density at radius 2 is 1.71 bits per heavy atom. The van der Waals surface area contributed by atoms with Gasteiger partial charge in [-0.3, -0.25) is 4.79 Å². The molecule has 0 unspecified atom stereocenters. The van der Waals surface area contributed by atoms with Crippen LogP contribution in [0, 0.1) is 6.92 Å². The van der Waals surface area contributed by atoms with Crippen LogP contribution in [0.2, 0.25) is 0 Å². The van der Waals surface area contributed by atoms with Gasteiger partial charge < -0.3 is 16.0 Å². The van der Waals surface area contributed by atoms with Crippen LogP contribution in [0.4, 0.5) is 10.5 Å². The minimum absolute atomic E-state index is 0.0737. The Labute approximate surface area is 190 Å². The smallest absolute Gasteiger partial charge is 0.319 e. The van der Waals surface area contributed by atoms with Crippen LogP contribution >= 0.6 is 23.1 Å². The Morgan fingerprint density at radius 1 is 1.03 bits per heavy atom. The van der Waals surface area contributed by atoms with E-state index >= 15 is 0 Å². The fraction of sp³-hybridized carbons (Fsp3) is 0.261. The molecule has 0 fully saturated rings. The highest BCUT2D eigenvalue weighted by molar-refractivity contribution is 8.00. The molecule has 0 aliphatic carbocycles. The molecule has 0 bridgehead atoms. The third-order valence-electron chi connectivity index (χ3n) is 4.26. The lowest BCUT2D eigenvalue weighted by molar-refractivity contribution is 0.0951. The Balaban J connectivity index is 1.46. The summed E-state index contributed by atoms with van der Waals surface area (Å²) >= 11 is 3.35. The Morgan fingerprint density at radius 3 is 2.32 bits per heavy atom. The van der Waals surface area contributed by atoms with Gasteiger partial charge in [0.05, 0.1) is 0 Å². The second-order valence-corrected chi connectivity index (χ2v) is 9.45. The summed E-state index contributed by atoms with van der Waals surface area (Å²) in [4.78, 5) is 28.6. The minimum Gasteiger partial charge on any atom is -0.348 e. The summed E-state index contributed by atoms with van der Waals surface area (Å²) in [6, 6.07) is 14.9. The molecule has 1 aromatic heterocycles. The first kappa shape index (κ1) is 22.8. The van der Waals surface area contributed by atoms with Gasteiger partial charge in [0.2, 0.25) is 0 Å². The molecule has 2 aromatic carbocycles. The second kappa shape index (κ2) is 11.0. The third kappa shape index (κ3) is 7.41. The summed E-state index contributed by atoms with van der Waals surface area (Å²) in [5.74, 6) is 0.706. The van der Waals surface area contributed by atoms with Crippen LogP contribution in [-0.4, -0.2) is 23.0 Å². The molecular formula is C23H26N4O2S2. The molecule has 31 heavy (non-hydrogen) atoms. The van der Waals surface area contributed by atoms with Crippen LogP contribution in [0.25, 0.3) is 0 Å². The largest absolute Gasteiger partial charge is 0.348 e. The predicted molar refractivity (Wildman–Crippen MR) is 128 cm³/mol. The number of aryl methyl sites for hydroxylation is 1. The monoisotopic (exact) mass is 454 g/mol.